The maximum atomic E-state index is 14.2. The molecule has 0 radical (unpaired) electrons. The van der Waals surface area contributed by atoms with Gasteiger partial charge in [-0.25, -0.2) is 14.2 Å². The molecule has 6 rings (SSSR count). The van der Waals surface area contributed by atoms with E-state index < -0.39 is 11.8 Å². The number of likely N-dealkylation sites (tertiary alicyclic amines) is 1. The number of ether oxygens (including phenoxy) is 2. The molecule has 2 fully saturated rings. The first-order valence-electron chi connectivity index (χ1n) is 13.9. The molecule has 0 saturated carbocycles. The molecule has 2 aliphatic rings. The van der Waals surface area contributed by atoms with E-state index in [2.05, 4.69) is 15.5 Å². The lowest BCUT2D eigenvalue weighted by molar-refractivity contribution is -0.0591. The molecule has 2 aliphatic heterocycles. The highest BCUT2D eigenvalue weighted by Gasteiger charge is 2.25. The minimum absolute atomic E-state index is 0.0420. The van der Waals surface area contributed by atoms with Gasteiger partial charge in [-0.15, -0.1) is 0 Å². The maximum Gasteiger partial charge on any atom is 0.335 e. The summed E-state index contributed by atoms with van der Waals surface area (Å²) in [5, 5.41) is 19.5. The molecule has 4 aromatic rings. The molecule has 1 N–H and O–H groups in total. The quantitative estimate of drug-likeness (QED) is 0.292. The van der Waals surface area contributed by atoms with Gasteiger partial charge in [-0.05, 0) is 74.1 Å². The van der Waals surface area contributed by atoms with Crippen molar-refractivity contribution in [2.75, 3.05) is 19.7 Å². The van der Waals surface area contributed by atoms with Crippen molar-refractivity contribution < 1.29 is 23.8 Å². The van der Waals surface area contributed by atoms with Gasteiger partial charge in [-0.2, -0.15) is 5.26 Å². The van der Waals surface area contributed by atoms with Gasteiger partial charge in [0.05, 0.1) is 23.3 Å². The minimum Gasteiger partial charge on any atom is -0.478 e. The number of aromatic carboxylic acids is 1. The predicted molar refractivity (Wildman–Crippen MR) is 150 cm³/mol. The molecule has 0 bridgehead atoms. The largest absolute Gasteiger partial charge is 0.478 e. The average molecular weight is 555 g/mol. The van der Waals surface area contributed by atoms with Gasteiger partial charge in [0.25, 0.3) is 0 Å². The van der Waals surface area contributed by atoms with Gasteiger partial charge < -0.3 is 19.1 Å². The predicted octanol–water partition coefficient (Wildman–Crippen LogP) is 5.49. The molecule has 2 aromatic heterocycles. The highest BCUT2D eigenvalue weighted by Crippen LogP contribution is 2.31. The lowest BCUT2D eigenvalue weighted by Crippen LogP contribution is -2.35. The molecule has 4 heterocycles. The normalized spacial score (nSPS) is 17.7. The number of pyridine rings is 1. The summed E-state index contributed by atoms with van der Waals surface area (Å²) in [5.41, 5.74) is 4.02. The third-order valence-corrected chi connectivity index (χ3v) is 8.11. The first kappa shape index (κ1) is 26.9. The SMILES string of the molecule is N#Cc1ccc(COc2cccc(C3CCN(Cc4cc5ccc(C(=O)O)cc5n4C[C@@H]4CCO4)CC3)n2)c(F)c1. The fourth-order valence-electron chi connectivity index (χ4n) is 5.66. The molecule has 2 saturated heterocycles. The fourth-order valence-corrected chi connectivity index (χ4v) is 5.66. The van der Waals surface area contributed by atoms with E-state index in [0.29, 0.717) is 22.9 Å². The monoisotopic (exact) mass is 554 g/mol. The van der Waals surface area contributed by atoms with Crippen molar-refractivity contribution in [2.45, 2.75) is 51.0 Å². The molecule has 2 aromatic carbocycles. The van der Waals surface area contributed by atoms with E-state index in [0.717, 1.165) is 68.6 Å². The second-order valence-corrected chi connectivity index (χ2v) is 10.8. The topological polar surface area (TPSA) is 101 Å². The van der Waals surface area contributed by atoms with E-state index in [1.807, 2.05) is 24.3 Å². The van der Waals surface area contributed by atoms with Crippen LogP contribution in [0.4, 0.5) is 4.39 Å². The van der Waals surface area contributed by atoms with Gasteiger partial charge in [0.1, 0.15) is 12.4 Å². The van der Waals surface area contributed by atoms with Crippen LogP contribution in [0.5, 0.6) is 5.88 Å². The van der Waals surface area contributed by atoms with Crippen LogP contribution in [-0.2, 0) is 24.4 Å². The Morgan fingerprint density at radius 1 is 1.12 bits per heavy atom. The number of hydrogen-bond acceptors (Lipinski definition) is 6. The smallest absolute Gasteiger partial charge is 0.335 e. The number of carboxylic acids is 1. The van der Waals surface area contributed by atoms with E-state index >= 15 is 0 Å². The molecule has 210 valence electrons. The minimum atomic E-state index is -0.923. The zero-order chi connectivity index (χ0) is 28.3. The highest BCUT2D eigenvalue weighted by atomic mass is 19.1. The highest BCUT2D eigenvalue weighted by molar-refractivity contribution is 5.93. The summed E-state index contributed by atoms with van der Waals surface area (Å²) in [4.78, 5) is 18.8. The number of fused-ring (bicyclic) bond motifs is 1. The van der Waals surface area contributed by atoms with E-state index in [4.69, 9.17) is 19.7 Å². The van der Waals surface area contributed by atoms with E-state index in [9.17, 15) is 14.3 Å². The molecule has 9 heteroatoms. The van der Waals surface area contributed by atoms with Crippen molar-refractivity contribution in [3.63, 3.8) is 0 Å². The summed E-state index contributed by atoms with van der Waals surface area (Å²) in [6.45, 7) is 4.15. The third kappa shape index (κ3) is 5.94. The number of nitriles is 1. The molecule has 8 nitrogen and oxygen atoms in total. The second kappa shape index (κ2) is 11.7. The molecule has 0 amide bonds. The van der Waals surface area contributed by atoms with Crippen molar-refractivity contribution >= 4 is 16.9 Å². The molecule has 1 atom stereocenters. The van der Waals surface area contributed by atoms with Crippen LogP contribution in [0, 0.1) is 17.1 Å². The summed E-state index contributed by atoms with van der Waals surface area (Å²) >= 11 is 0. The lowest BCUT2D eigenvalue weighted by atomic mass is 9.93. The van der Waals surface area contributed by atoms with Gasteiger partial charge in [0.2, 0.25) is 5.88 Å². The number of carbonyl (C=O) groups is 1. The van der Waals surface area contributed by atoms with Crippen molar-refractivity contribution in [1.29, 1.82) is 5.26 Å². The average Bonchev–Trinajstić information content (AvgIpc) is 3.30. The first-order chi connectivity index (χ1) is 20.0. The summed E-state index contributed by atoms with van der Waals surface area (Å²) in [5.74, 6) is -0.632. The van der Waals surface area contributed by atoms with Crippen LogP contribution >= 0.6 is 0 Å². The van der Waals surface area contributed by atoms with Crippen molar-refractivity contribution in [2.24, 2.45) is 0 Å². The number of rotatable bonds is 9. The number of piperidine rings is 1. The summed E-state index contributed by atoms with van der Waals surface area (Å²) in [7, 11) is 0. The van der Waals surface area contributed by atoms with Crippen LogP contribution in [0.3, 0.4) is 0 Å². The molecule has 0 unspecified atom stereocenters. The van der Waals surface area contributed by atoms with Gasteiger partial charge in [0, 0.05) is 54.1 Å². The number of carboxylic acid groups (broad SMARTS) is 1. The number of aromatic nitrogens is 2. The first-order valence-corrected chi connectivity index (χ1v) is 13.9. The Bertz CT molecular complexity index is 1620. The zero-order valence-corrected chi connectivity index (χ0v) is 22.6. The number of halogens is 1. The van der Waals surface area contributed by atoms with Gasteiger partial charge in [-0.3, -0.25) is 4.90 Å². The second-order valence-electron chi connectivity index (χ2n) is 10.8. The van der Waals surface area contributed by atoms with Gasteiger partial charge >= 0.3 is 5.97 Å². The Hall–Kier alpha value is -4.26. The van der Waals surface area contributed by atoms with Crippen molar-refractivity contribution in [3.05, 3.63) is 94.6 Å². The van der Waals surface area contributed by atoms with Crippen LogP contribution < -0.4 is 4.74 Å². The number of hydrogen-bond donors (Lipinski definition) is 1. The number of nitrogens with zero attached hydrogens (tertiary/aromatic N) is 4. The molecule has 0 aliphatic carbocycles. The molecule has 41 heavy (non-hydrogen) atoms. The van der Waals surface area contributed by atoms with Crippen LogP contribution in [0.2, 0.25) is 0 Å². The van der Waals surface area contributed by atoms with E-state index in [1.165, 1.54) is 11.8 Å². The van der Waals surface area contributed by atoms with Crippen molar-refractivity contribution in [3.8, 4) is 11.9 Å². The van der Waals surface area contributed by atoms with Crippen LogP contribution in [-0.4, -0.2) is 51.3 Å². The van der Waals surface area contributed by atoms with Gasteiger partial charge in [-0.1, -0.05) is 18.2 Å². The Labute approximate surface area is 237 Å². The summed E-state index contributed by atoms with van der Waals surface area (Å²) in [6.07, 6.45) is 3.09. The zero-order valence-electron chi connectivity index (χ0n) is 22.6. The Kier molecular flexibility index (Phi) is 7.68. The van der Waals surface area contributed by atoms with Crippen molar-refractivity contribution in [1.82, 2.24) is 14.5 Å². The van der Waals surface area contributed by atoms with Crippen LogP contribution in [0.1, 0.15) is 58.1 Å². The Morgan fingerprint density at radius 3 is 2.66 bits per heavy atom. The molecule has 0 spiro atoms. The standard InChI is InChI=1S/C32H31FN4O4/c33-28-14-21(17-34)4-5-25(28)20-41-31-3-1-2-29(35-31)22-8-11-36(12-9-22)18-26-15-23-6-7-24(32(38)39)16-30(23)37(26)19-27-10-13-40-27/h1-7,14-16,22,27H,8-13,18-20H2,(H,38,39)/t27-/m0/s1. The number of benzene rings is 2. The van der Waals surface area contributed by atoms with E-state index in [1.54, 1.807) is 30.3 Å². The van der Waals surface area contributed by atoms with Gasteiger partial charge in [0.15, 0.2) is 0 Å². The third-order valence-electron chi connectivity index (χ3n) is 8.11. The van der Waals surface area contributed by atoms with Crippen LogP contribution in [0.15, 0.2) is 60.7 Å². The van der Waals surface area contributed by atoms with E-state index in [-0.39, 0.29) is 18.3 Å². The fraction of sp³-hybridized carbons (Fsp3) is 0.344. The maximum absolute atomic E-state index is 14.2. The summed E-state index contributed by atoms with van der Waals surface area (Å²) < 4.78 is 28.0. The Morgan fingerprint density at radius 2 is 1.95 bits per heavy atom. The molecular formula is C32H31FN4O4. The summed E-state index contributed by atoms with van der Waals surface area (Å²) in [6, 6.07) is 19.5. The van der Waals surface area contributed by atoms with Crippen LogP contribution in [0.25, 0.3) is 10.9 Å². The molecular weight excluding hydrogens is 523 g/mol. The Balaban J connectivity index is 1.10. The lowest BCUT2D eigenvalue weighted by Gasteiger charge is -2.33.